The number of nitrogens with zero attached hydrogens (tertiary/aromatic N) is 3. The number of aromatic nitrogens is 3. The first-order chi connectivity index (χ1) is 12.0. The molecule has 0 radical (unpaired) electrons. The van der Waals surface area contributed by atoms with Gasteiger partial charge in [-0.05, 0) is 32.0 Å². The second kappa shape index (κ2) is 5.23. The molecule has 1 aliphatic heterocycles. The Morgan fingerprint density at radius 1 is 1.12 bits per heavy atom. The zero-order chi connectivity index (χ0) is 17.7. The smallest absolute Gasteiger partial charge is 0.324 e. The second-order valence-electron chi connectivity index (χ2n) is 5.69. The topological polar surface area (TPSA) is 105 Å². The molecule has 1 aromatic carbocycles. The zero-order valence-electron chi connectivity index (χ0n) is 13.4. The van der Waals surface area contributed by atoms with Gasteiger partial charge in [0.2, 0.25) is 0 Å². The van der Waals surface area contributed by atoms with Crippen LogP contribution in [0.4, 0.5) is 0 Å². The standard InChI is InChI=1S/C17H12N4O4/c1-8-7-12(13-9(2)19-20-14(13)18-8)17(24)25-21-15(22)10-5-3-4-6-11(10)16(21)23/h3-7H,1-2H3,(H,18,19,20). The Balaban J connectivity index is 1.72. The zero-order valence-corrected chi connectivity index (χ0v) is 13.4. The van der Waals surface area contributed by atoms with Crippen LogP contribution < -0.4 is 0 Å². The Hall–Kier alpha value is -3.55. The fourth-order valence-electron chi connectivity index (χ4n) is 2.84. The molecule has 0 fully saturated rings. The monoisotopic (exact) mass is 336 g/mol. The number of rotatable bonds is 2. The summed E-state index contributed by atoms with van der Waals surface area (Å²) in [7, 11) is 0. The Morgan fingerprint density at radius 3 is 2.40 bits per heavy atom. The van der Waals surface area contributed by atoms with Crippen molar-refractivity contribution in [1.29, 1.82) is 0 Å². The Bertz CT molecular complexity index is 1030. The molecule has 2 aromatic heterocycles. The molecule has 1 N–H and O–H groups in total. The van der Waals surface area contributed by atoms with Crippen molar-refractivity contribution in [1.82, 2.24) is 20.2 Å². The predicted molar refractivity (Wildman–Crippen MR) is 85.7 cm³/mol. The number of carbonyl (C=O) groups is 3. The molecule has 8 heteroatoms. The number of hydrogen-bond donors (Lipinski definition) is 1. The van der Waals surface area contributed by atoms with Crippen molar-refractivity contribution in [2.75, 3.05) is 0 Å². The van der Waals surface area contributed by atoms with Gasteiger partial charge in [-0.25, -0.2) is 9.78 Å². The maximum absolute atomic E-state index is 12.6. The molecule has 3 heterocycles. The molecule has 3 aromatic rings. The lowest BCUT2D eigenvalue weighted by Crippen LogP contribution is -2.32. The summed E-state index contributed by atoms with van der Waals surface area (Å²) in [5, 5.41) is 7.76. The number of amides is 2. The molecule has 0 aliphatic carbocycles. The van der Waals surface area contributed by atoms with Crippen molar-refractivity contribution in [3.05, 3.63) is 58.4 Å². The van der Waals surface area contributed by atoms with Crippen LogP contribution in [0.25, 0.3) is 11.0 Å². The van der Waals surface area contributed by atoms with Gasteiger partial charge < -0.3 is 4.84 Å². The minimum Gasteiger partial charge on any atom is -0.324 e. The van der Waals surface area contributed by atoms with Gasteiger partial charge in [0.1, 0.15) is 0 Å². The number of H-pyrrole nitrogens is 1. The number of nitrogens with one attached hydrogen (secondary N) is 1. The van der Waals surface area contributed by atoms with E-state index in [0.717, 1.165) is 0 Å². The number of hydroxylamine groups is 2. The van der Waals surface area contributed by atoms with Gasteiger partial charge in [-0.3, -0.25) is 14.7 Å². The Kier molecular flexibility index (Phi) is 3.14. The lowest BCUT2D eigenvalue weighted by atomic mass is 10.1. The van der Waals surface area contributed by atoms with E-state index in [9.17, 15) is 14.4 Å². The van der Waals surface area contributed by atoms with Crippen LogP contribution in [0, 0.1) is 13.8 Å². The molecule has 4 rings (SSSR count). The Morgan fingerprint density at radius 2 is 1.76 bits per heavy atom. The SMILES string of the molecule is Cc1cc(C(=O)ON2C(=O)c3ccccc3C2=O)c2c(C)[nH]nc2n1. The summed E-state index contributed by atoms with van der Waals surface area (Å²) >= 11 is 0. The largest absolute Gasteiger partial charge is 0.364 e. The van der Waals surface area contributed by atoms with Gasteiger partial charge in [-0.1, -0.05) is 17.2 Å². The lowest BCUT2D eigenvalue weighted by molar-refractivity contribution is -0.0583. The van der Waals surface area contributed by atoms with Gasteiger partial charge in [0, 0.05) is 11.4 Å². The summed E-state index contributed by atoms with van der Waals surface area (Å²) < 4.78 is 0. The number of fused-ring (bicyclic) bond motifs is 2. The molecule has 124 valence electrons. The third-order valence-electron chi connectivity index (χ3n) is 3.98. The van der Waals surface area contributed by atoms with Crippen LogP contribution in [0.15, 0.2) is 30.3 Å². The fraction of sp³-hybridized carbons (Fsp3) is 0.118. The minimum absolute atomic E-state index is 0.185. The maximum atomic E-state index is 12.6. The molecule has 25 heavy (non-hydrogen) atoms. The summed E-state index contributed by atoms with van der Waals surface area (Å²) in [6.45, 7) is 3.45. The van der Waals surface area contributed by atoms with Crippen molar-refractivity contribution < 1.29 is 19.2 Å². The van der Waals surface area contributed by atoms with Crippen LogP contribution in [0.5, 0.6) is 0 Å². The summed E-state index contributed by atoms with van der Waals surface area (Å²) in [4.78, 5) is 46.6. The van der Waals surface area contributed by atoms with Crippen LogP contribution in [0.2, 0.25) is 0 Å². The first-order valence-corrected chi connectivity index (χ1v) is 7.50. The van der Waals surface area contributed by atoms with E-state index in [4.69, 9.17) is 4.84 Å². The van der Waals surface area contributed by atoms with Gasteiger partial charge >= 0.3 is 5.97 Å². The number of pyridine rings is 1. The highest BCUT2D eigenvalue weighted by Crippen LogP contribution is 2.25. The molecule has 0 atom stereocenters. The summed E-state index contributed by atoms with van der Waals surface area (Å²) in [6.07, 6.45) is 0. The molecule has 2 amide bonds. The molecule has 1 aliphatic rings. The van der Waals surface area contributed by atoms with Gasteiger partial charge in [-0.15, -0.1) is 0 Å². The number of aryl methyl sites for hydroxylation is 2. The van der Waals surface area contributed by atoms with Crippen molar-refractivity contribution in [3.8, 4) is 0 Å². The number of hydrogen-bond acceptors (Lipinski definition) is 6. The van der Waals surface area contributed by atoms with Gasteiger partial charge in [-0.2, -0.15) is 5.10 Å². The van der Waals surface area contributed by atoms with Gasteiger partial charge in [0.05, 0.1) is 22.1 Å². The fourth-order valence-corrected chi connectivity index (χ4v) is 2.84. The number of aromatic amines is 1. The third kappa shape index (κ3) is 2.18. The molecule has 0 saturated heterocycles. The summed E-state index contributed by atoms with van der Waals surface area (Å²) in [5.41, 5.74) is 2.16. The Labute approximate surface area is 141 Å². The highest BCUT2D eigenvalue weighted by molar-refractivity contribution is 6.21. The van der Waals surface area contributed by atoms with E-state index in [1.54, 1.807) is 26.0 Å². The van der Waals surface area contributed by atoms with Crippen molar-refractivity contribution in [2.24, 2.45) is 0 Å². The van der Waals surface area contributed by atoms with Crippen molar-refractivity contribution in [3.63, 3.8) is 0 Å². The predicted octanol–water partition coefficient (Wildman–Crippen LogP) is 1.94. The van der Waals surface area contributed by atoms with E-state index < -0.39 is 17.8 Å². The number of carbonyl (C=O) groups excluding carboxylic acids is 3. The molecule has 0 spiro atoms. The van der Waals surface area contributed by atoms with E-state index in [1.807, 2.05) is 0 Å². The van der Waals surface area contributed by atoms with Crippen LogP contribution in [0.1, 0.15) is 42.5 Å². The average molecular weight is 336 g/mol. The number of imide groups is 1. The maximum Gasteiger partial charge on any atom is 0.364 e. The van der Waals surface area contributed by atoms with Crippen LogP contribution in [0.3, 0.4) is 0 Å². The quantitative estimate of drug-likeness (QED) is 0.717. The number of benzene rings is 1. The molecule has 8 nitrogen and oxygen atoms in total. The normalized spacial score (nSPS) is 13.4. The molecular weight excluding hydrogens is 324 g/mol. The summed E-state index contributed by atoms with van der Waals surface area (Å²) in [5.74, 6) is -2.16. The highest BCUT2D eigenvalue weighted by atomic mass is 16.7. The second-order valence-corrected chi connectivity index (χ2v) is 5.69. The van der Waals surface area contributed by atoms with Gasteiger partial charge in [0.25, 0.3) is 11.8 Å². The molecule has 0 bridgehead atoms. The van der Waals surface area contributed by atoms with E-state index >= 15 is 0 Å². The van der Waals surface area contributed by atoms with Crippen molar-refractivity contribution in [2.45, 2.75) is 13.8 Å². The third-order valence-corrected chi connectivity index (χ3v) is 3.98. The van der Waals surface area contributed by atoms with Crippen LogP contribution >= 0.6 is 0 Å². The lowest BCUT2D eigenvalue weighted by Gasteiger charge is -2.13. The van der Waals surface area contributed by atoms with E-state index in [2.05, 4.69) is 15.2 Å². The van der Waals surface area contributed by atoms with E-state index in [-0.39, 0.29) is 16.7 Å². The molecule has 0 unspecified atom stereocenters. The average Bonchev–Trinajstić information content (AvgIpc) is 3.08. The molecular formula is C17H12N4O4. The molecule has 0 saturated carbocycles. The van der Waals surface area contributed by atoms with E-state index in [1.165, 1.54) is 18.2 Å². The van der Waals surface area contributed by atoms with E-state index in [0.29, 0.717) is 27.5 Å². The van der Waals surface area contributed by atoms with Crippen molar-refractivity contribution >= 4 is 28.8 Å². The summed E-state index contributed by atoms with van der Waals surface area (Å²) in [6, 6.07) is 7.84. The highest BCUT2D eigenvalue weighted by Gasteiger charge is 2.39. The van der Waals surface area contributed by atoms with Crippen LogP contribution in [-0.4, -0.2) is 38.0 Å². The van der Waals surface area contributed by atoms with Gasteiger partial charge in [0.15, 0.2) is 5.65 Å². The minimum atomic E-state index is -0.825. The van der Waals surface area contributed by atoms with Crippen LogP contribution in [-0.2, 0) is 4.84 Å². The first-order valence-electron chi connectivity index (χ1n) is 7.50. The first kappa shape index (κ1) is 15.0.